The Morgan fingerprint density at radius 2 is 1.67 bits per heavy atom. The summed E-state index contributed by atoms with van der Waals surface area (Å²) in [5.41, 5.74) is 0. The van der Waals surface area contributed by atoms with E-state index >= 15 is 0 Å². The number of carbonyl (C=O) groups excluding carboxylic acids is 2. The quantitative estimate of drug-likeness (QED) is 0.665. The van der Waals surface area contributed by atoms with Gasteiger partial charge in [0.05, 0.1) is 0 Å². The molecule has 0 saturated heterocycles. The molecule has 0 spiro atoms. The first-order valence-corrected chi connectivity index (χ1v) is 6.22. The zero-order chi connectivity index (χ0) is 11.1. The molecule has 1 aliphatic rings. The van der Waals surface area contributed by atoms with Gasteiger partial charge in [-0.25, -0.2) is 0 Å². The van der Waals surface area contributed by atoms with Crippen molar-refractivity contribution in [1.29, 1.82) is 0 Å². The van der Waals surface area contributed by atoms with Crippen LogP contribution in [0.25, 0.3) is 0 Å². The number of ketones is 2. The van der Waals surface area contributed by atoms with E-state index in [2.05, 4.69) is 0 Å². The van der Waals surface area contributed by atoms with E-state index in [9.17, 15) is 9.59 Å². The summed E-state index contributed by atoms with van der Waals surface area (Å²) in [5.74, 6) is 0.496. The van der Waals surface area contributed by atoms with E-state index in [4.69, 9.17) is 0 Å². The third-order valence-electron chi connectivity index (χ3n) is 3.31. The molecule has 1 unspecified atom stereocenters. The summed E-state index contributed by atoms with van der Waals surface area (Å²) in [6.45, 7) is 1.62. The molecule has 86 valence electrons. The zero-order valence-electron chi connectivity index (χ0n) is 9.76. The standard InChI is InChI=1S/C13H22O2/c1-11(14)12-8-6-4-2-3-5-7-9-13(15)10-12/h12H,2-10H2,1H3. The predicted octanol–water partition coefficient (Wildman–Crippen LogP) is 3.29. The lowest BCUT2D eigenvalue weighted by Crippen LogP contribution is -2.15. The van der Waals surface area contributed by atoms with Gasteiger partial charge in [0.15, 0.2) is 0 Å². The van der Waals surface area contributed by atoms with Gasteiger partial charge < -0.3 is 0 Å². The highest BCUT2D eigenvalue weighted by Crippen LogP contribution is 2.20. The van der Waals surface area contributed by atoms with Crippen molar-refractivity contribution in [3.05, 3.63) is 0 Å². The molecule has 0 N–H and O–H groups in total. The van der Waals surface area contributed by atoms with Crippen LogP contribution in [-0.4, -0.2) is 11.6 Å². The van der Waals surface area contributed by atoms with E-state index in [1.54, 1.807) is 6.92 Å². The Labute approximate surface area is 92.4 Å². The molecule has 1 rings (SSSR count). The van der Waals surface area contributed by atoms with Crippen molar-refractivity contribution >= 4 is 11.6 Å². The highest BCUT2D eigenvalue weighted by Gasteiger charge is 2.18. The van der Waals surface area contributed by atoms with Crippen LogP contribution in [0.4, 0.5) is 0 Å². The summed E-state index contributed by atoms with van der Waals surface area (Å²) in [6.07, 6.45) is 9.13. The van der Waals surface area contributed by atoms with E-state index in [-0.39, 0.29) is 17.5 Å². The van der Waals surface area contributed by atoms with Crippen molar-refractivity contribution in [2.45, 2.75) is 64.7 Å². The van der Waals surface area contributed by atoms with Crippen LogP contribution >= 0.6 is 0 Å². The van der Waals surface area contributed by atoms with Crippen LogP contribution in [0, 0.1) is 5.92 Å². The van der Waals surface area contributed by atoms with Crippen molar-refractivity contribution in [3.8, 4) is 0 Å². The molecule has 1 aliphatic carbocycles. The van der Waals surface area contributed by atoms with Gasteiger partial charge in [0, 0.05) is 18.8 Å². The van der Waals surface area contributed by atoms with Gasteiger partial charge in [-0.15, -0.1) is 0 Å². The topological polar surface area (TPSA) is 34.1 Å². The third-order valence-corrected chi connectivity index (χ3v) is 3.31. The first kappa shape index (κ1) is 12.4. The molecule has 0 aromatic heterocycles. The molecule has 0 heterocycles. The maximum absolute atomic E-state index is 11.6. The maximum atomic E-state index is 11.6. The summed E-state index contributed by atoms with van der Waals surface area (Å²) in [5, 5.41) is 0. The fourth-order valence-corrected chi connectivity index (χ4v) is 2.25. The van der Waals surface area contributed by atoms with E-state index in [0.29, 0.717) is 12.8 Å². The molecule has 1 fully saturated rings. The molecule has 2 heteroatoms. The first-order chi connectivity index (χ1) is 7.20. The highest BCUT2D eigenvalue weighted by molar-refractivity contribution is 5.86. The van der Waals surface area contributed by atoms with Crippen LogP contribution in [0.5, 0.6) is 0 Å². The molecule has 15 heavy (non-hydrogen) atoms. The second kappa shape index (κ2) is 6.76. The SMILES string of the molecule is CC(=O)C1CCCCCCCCC(=O)C1. The van der Waals surface area contributed by atoms with Crippen molar-refractivity contribution in [2.75, 3.05) is 0 Å². The van der Waals surface area contributed by atoms with Gasteiger partial charge in [-0.3, -0.25) is 9.59 Å². The van der Waals surface area contributed by atoms with Gasteiger partial charge in [0.25, 0.3) is 0 Å². The van der Waals surface area contributed by atoms with Gasteiger partial charge in [-0.05, 0) is 19.8 Å². The van der Waals surface area contributed by atoms with E-state index in [0.717, 1.165) is 19.3 Å². The molecule has 1 saturated carbocycles. The Hall–Kier alpha value is -0.660. The Morgan fingerprint density at radius 3 is 2.33 bits per heavy atom. The summed E-state index contributed by atoms with van der Waals surface area (Å²) in [4.78, 5) is 22.9. The predicted molar refractivity (Wildman–Crippen MR) is 60.7 cm³/mol. The van der Waals surface area contributed by atoms with E-state index in [1.807, 2.05) is 0 Å². The number of hydrogen-bond acceptors (Lipinski definition) is 2. The molecule has 0 aromatic carbocycles. The number of carbonyl (C=O) groups is 2. The summed E-state index contributed by atoms with van der Waals surface area (Å²) < 4.78 is 0. The van der Waals surface area contributed by atoms with Crippen LogP contribution in [0.2, 0.25) is 0 Å². The second-order valence-corrected chi connectivity index (χ2v) is 4.71. The smallest absolute Gasteiger partial charge is 0.133 e. The summed E-state index contributed by atoms with van der Waals surface area (Å²) in [6, 6.07) is 0. The molecule has 0 amide bonds. The lowest BCUT2D eigenvalue weighted by atomic mass is 9.92. The van der Waals surface area contributed by atoms with Crippen LogP contribution in [0.15, 0.2) is 0 Å². The van der Waals surface area contributed by atoms with Crippen molar-refractivity contribution in [3.63, 3.8) is 0 Å². The van der Waals surface area contributed by atoms with Gasteiger partial charge in [-0.1, -0.05) is 32.1 Å². The minimum atomic E-state index is 0.00981. The van der Waals surface area contributed by atoms with Crippen LogP contribution < -0.4 is 0 Å². The molecular formula is C13H22O2. The number of hydrogen-bond donors (Lipinski definition) is 0. The lowest BCUT2D eigenvalue weighted by molar-refractivity contribution is -0.127. The number of rotatable bonds is 1. The van der Waals surface area contributed by atoms with Crippen LogP contribution in [-0.2, 0) is 9.59 Å². The fraction of sp³-hybridized carbons (Fsp3) is 0.846. The fourth-order valence-electron chi connectivity index (χ4n) is 2.25. The van der Waals surface area contributed by atoms with Crippen LogP contribution in [0.1, 0.15) is 64.7 Å². The largest absolute Gasteiger partial charge is 0.300 e. The number of Topliss-reactive ketones (excluding diaryl/α,β-unsaturated/α-hetero) is 2. The zero-order valence-corrected chi connectivity index (χ0v) is 9.76. The molecule has 2 nitrogen and oxygen atoms in total. The average Bonchev–Trinajstić information content (AvgIpc) is 2.23. The maximum Gasteiger partial charge on any atom is 0.133 e. The van der Waals surface area contributed by atoms with Crippen LogP contribution in [0.3, 0.4) is 0 Å². The molecular weight excluding hydrogens is 188 g/mol. The first-order valence-electron chi connectivity index (χ1n) is 6.22. The average molecular weight is 210 g/mol. The van der Waals surface area contributed by atoms with Crippen molar-refractivity contribution < 1.29 is 9.59 Å². The minimum Gasteiger partial charge on any atom is -0.300 e. The van der Waals surface area contributed by atoms with Gasteiger partial charge in [-0.2, -0.15) is 0 Å². The van der Waals surface area contributed by atoms with E-state index < -0.39 is 0 Å². The normalized spacial score (nSPS) is 25.7. The van der Waals surface area contributed by atoms with Gasteiger partial charge >= 0.3 is 0 Å². The summed E-state index contributed by atoms with van der Waals surface area (Å²) in [7, 11) is 0. The molecule has 0 radical (unpaired) electrons. The second-order valence-electron chi connectivity index (χ2n) is 4.71. The third kappa shape index (κ3) is 5.10. The summed E-state index contributed by atoms with van der Waals surface area (Å²) >= 11 is 0. The lowest BCUT2D eigenvalue weighted by Gasteiger charge is -2.11. The van der Waals surface area contributed by atoms with Gasteiger partial charge in [0.1, 0.15) is 11.6 Å². The van der Waals surface area contributed by atoms with Crippen molar-refractivity contribution in [1.82, 2.24) is 0 Å². The molecule has 0 bridgehead atoms. The highest BCUT2D eigenvalue weighted by atomic mass is 16.1. The molecule has 0 aliphatic heterocycles. The molecule has 1 atom stereocenters. The van der Waals surface area contributed by atoms with Gasteiger partial charge in [0.2, 0.25) is 0 Å². The van der Waals surface area contributed by atoms with Crippen molar-refractivity contribution in [2.24, 2.45) is 5.92 Å². The Bertz CT molecular complexity index is 221. The monoisotopic (exact) mass is 210 g/mol. The Balaban J connectivity index is 2.47. The Kier molecular flexibility index (Phi) is 5.59. The molecule has 0 aromatic rings. The Morgan fingerprint density at radius 1 is 1.07 bits per heavy atom. The van der Waals surface area contributed by atoms with E-state index in [1.165, 1.54) is 25.7 Å². The minimum absolute atomic E-state index is 0.00981.